The Morgan fingerprint density at radius 3 is 2.29 bits per heavy atom. The van der Waals surface area contributed by atoms with Gasteiger partial charge in [-0.05, 0) is 42.5 Å². The molecular formula is C18H10Cl2F3NO3S. The molecule has 0 radical (unpaired) electrons. The van der Waals surface area contributed by atoms with E-state index in [0.29, 0.717) is 17.2 Å². The van der Waals surface area contributed by atoms with Gasteiger partial charge in [-0.1, -0.05) is 35.3 Å². The highest BCUT2D eigenvalue weighted by atomic mass is 35.5. The van der Waals surface area contributed by atoms with Crippen LogP contribution in [0.1, 0.15) is 0 Å². The molecule has 4 nitrogen and oxygen atoms in total. The first kappa shape index (κ1) is 20.3. The standard InChI is InChI=1S/C18H10Cl2F3NO3S/c19-10-5-7-14(11(20)9-10)27-15-4-2-1-3-13(15)24-28(25,26)16-8-6-12(21)17(22)18(16)23/h1-9,24H. The highest BCUT2D eigenvalue weighted by molar-refractivity contribution is 7.92. The lowest BCUT2D eigenvalue weighted by molar-refractivity contribution is 0.432. The minimum Gasteiger partial charge on any atom is -0.454 e. The number of rotatable bonds is 5. The van der Waals surface area contributed by atoms with Gasteiger partial charge in [-0.2, -0.15) is 0 Å². The SMILES string of the molecule is O=S(=O)(Nc1ccccc1Oc1ccc(Cl)cc1Cl)c1ccc(F)c(F)c1F. The second kappa shape index (κ2) is 7.90. The Labute approximate surface area is 168 Å². The highest BCUT2D eigenvalue weighted by Crippen LogP contribution is 2.36. The summed E-state index contributed by atoms with van der Waals surface area (Å²) in [6.07, 6.45) is 0. The number of halogens is 5. The van der Waals surface area contributed by atoms with E-state index < -0.39 is 32.4 Å². The molecule has 0 amide bonds. The predicted molar refractivity (Wildman–Crippen MR) is 100 cm³/mol. The number of ether oxygens (including phenoxy) is 1. The number of hydrogen-bond donors (Lipinski definition) is 1. The van der Waals surface area contributed by atoms with E-state index in [0.717, 1.165) is 0 Å². The Hall–Kier alpha value is -2.42. The van der Waals surface area contributed by atoms with E-state index in [1.54, 1.807) is 6.07 Å². The van der Waals surface area contributed by atoms with Gasteiger partial charge in [-0.3, -0.25) is 4.72 Å². The van der Waals surface area contributed by atoms with Gasteiger partial charge in [0.1, 0.15) is 10.6 Å². The van der Waals surface area contributed by atoms with Crippen molar-refractivity contribution in [3.8, 4) is 11.5 Å². The third-order valence-electron chi connectivity index (χ3n) is 3.53. The maximum Gasteiger partial charge on any atom is 0.265 e. The first-order valence-corrected chi connectivity index (χ1v) is 9.81. The average molecular weight is 448 g/mol. The van der Waals surface area contributed by atoms with E-state index in [1.807, 2.05) is 0 Å². The summed E-state index contributed by atoms with van der Waals surface area (Å²) >= 11 is 11.9. The minimum absolute atomic E-state index is 0.0401. The Bertz CT molecular complexity index is 1160. The van der Waals surface area contributed by atoms with Crippen LogP contribution in [0.4, 0.5) is 18.9 Å². The van der Waals surface area contributed by atoms with Crippen LogP contribution in [0.5, 0.6) is 11.5 Å². The van der Waals surface area contributed by atoms with Crippen molar-refractivity contribution in [1.29, 1.82) is 0 Å². The molecule has 0 aromatic heterocycles. The van der Waals surface area contributed by atoms with Crippen LogP contribution in [0, 0.1) is 17.5 Å². The molecular weight excluding hydrogens is 438 g/mol. The molecule has 3 aromatic rings. The van der Waals surface area contributed by atoms with Crippen molar-refractivity contribution in [2.75, 3.05) is 4.72 Å². The molecule has 0 aliphatic heterocycles. The molecule has 10 heteroatoms. The summed E-state index contributed by atoms with van der Waals surface area (Å²) in [6.45, 7) is 0. The second-order valence-electron chi connectivity index (χ2n) is 5.45. The lowest BCUT2D eigenvalue weighted by Crippen LogP contribution is -2.16. The van der Waals surface area contributed by atoms with E-state index in [9.17, 15) is 21.6 Å². The highest BCUT2D eigenvalue weighted by Gasteiger charge is 2.25. The van der Waals surface area contributed by atoms with Crippen LogP contribution in [-0.2, 0) is 10.0 Å². The van der Waals surface area contributed by atoms with Gasteiger partial charge >= 0.3 is 0 Å². The van der Waals surface area contributed by atoms with Crippen LogP contribution in [0.3, 0.4) is 0 Å². The van der Waals surface area contributed by atoms with Crippen molar-refractivity contribution in [3.63, 3.8) is 0 Å². The van der Waals surface area contributed by atoms with Crippen molar-refractivity contribution < 1.29 is 26.3 Å². The summed E-state index contributed by atoms with van der Waals surface area (Å²) in [6, 6.07) is 11.4. The predicted octanol–water partition coefficient (Wildman–Crippen LogP) is 6.00. The molecule has 3 aromatic carbocycles. The monoisotopic (exact) mass is 447 g/mol. The smallest absolute Gasteiger partial charge is 0.265 e. The van der Waals surface area contributed by atoms with Crippen molar-refractivity contribution in [2.45, 2.75) is 4.90 Å². The molecule has 3 rings (SSSR count). The van der Waals surface area contributed by atoms with Gasteiger partial charge in [0, 0.05) is 5.02 Å². The van der Waals surface area contributed by atoms with Gasteiger partial charge in [0.25, 0.3) is 10.0 Å². The molecule has 0 saturated heterocycles. The van der Waals surface area contributed by atoms with E-state index in [1.165, 1.54) is 36.4 Å². The van der Waals surface area contributed by atoms with Crippen LogP contribution in [-0.4, -0.2) is 8.42 Å². The van der Waals surface area contributed by atoms with Crippen LogP contribution in [0.25, 0.3) is 0 Å². The molecule has 146 valence electrons. The molecule has 0 spiro atoms. The summed E-state index contributed by atoms with van der Waals surface area (Å²) in [5, 5.41) is 0.553. The van der Waals surface area contributed by atoms with Gasteiger partial charge in [0.2, 0.25) is 0 Å². The number of para-hydroxylation sites is 2. The maximum atomic E-state index is 13.9. The van der Waals surface area contributed by atoms with Crippen molar-refractivity contribution in [1.82, 2.24) is 0 Å². The van der Waals surface area contributed by atoms with Crippen molar-refractivity contribution in [2.24, 2.45) is 0 Å². The van der Waals surface area contributed by atoms with E-state index >= 15 is 0 Å². The minimum atomic E-state index is -4.58. The van der Waals surface area contributed by atoms with Crippen molar-refractivity contribution in [3.05, 3.63) is 82.1 Å². The molecule has 0 saturated carbocycles. The zero-order chi connectivity index (χ0) is 20.5. The van der Waals surface area contributed by atoms with E-state index in [4.69, 9.17) is 27.9 Å². The molecule has 1 N–H and O–H groups in total. The lowest BCUT2D eigenvalue weighted by atomic mass is 10.3. The molecule has 0 bridgehead atoms. The molecule has 0 aliphatic carbocycles. The summed E-state index contributed by atoms with van der Waals surface area (Å²) in [5.74, 6) is -4.99. The third kappa shape index (κ3) is 4.19. The normalized spacial score (nSPS) is 11.3. The molecule has 0 heterocycles. The second-order valence-corrected chi connectivity index (χ2v) is 7.95. The number of hydrogen-bond acceptors (Lipinski definition) is 3. The molecule has 0 fully saturated rings. The Morgan fingerprint density at radius 2 is 1.57 bits per heavy atom. The number of benzene rings is 3. The molecule has 28 heavy (non-hydrogen) atoms. The zero-order valence-electron chi connectivity index (χ0n) is 13.7. The first-order valence-electron chi connectivity index (χ1n) is 7.57. The largest absolute Gasteiger partial charge is 0.454 e. The fraction of sp³-hybridized carbons (Fsp3) is 0. The summed E-state index contributed by atoms with van der Waals surface area (Å²) < 4.78 is 73.0. The summed E-state index contributed by atoms with van der Waals surface area (Å²) in [4.78, 5) is -1.05. The van der Waals surface area contributed by atoms with Crippen molar-refractivity contribution >= 4 is 38.9 Å². The first-order chi connectivity index (χ1) is 13.2. The van der Waals surface area contributed by atoms with Crippen LogP contribution >= 0.6 is 23.2 Å². The molecule has 0 aliphatic rings. The fourth-order valence-corrected chi connectivity index (χ4v) is 3.82. The van der Waals surface area contributed by atoms with Crippen LogP contribution < -0.4 is 9.46 Å². The van der Waals surface area contributed by atoms with E-state index in [-0.39, 0.29) is 22.2 Å². The van der Waals surface area contributed by atoms with Gasteiger partial charge < -0.3 is 4.74 Å². The summed E-state index contributed by atoms with van der Waals surface area (Å²) in [5.41, 5.74) is -0.0716. The average Bonchev–Trinajstić information content (AvgIpc) is 2.63. The zero-order valence-corrected chi connectivity index (χ0v) is 16.0. The summed E-state index contributed by atoms with van der Waals surface area (Å²) in [7, 11) is -4.58. The maximum absolute atomic E-state index is 13.9. The van der Waals surface area contributed by atoms with Crippen LogP contribution in [0.15, 0.2) is 59.5 Å². The molecule has 0 atom stereocenters. The number of anilines is 1. The third-order valence-corrected chi connectivity index (χ3v) is 5.45. The lowest BCUT2D eigenvalue weighted by Gasteiger charge is -2.14. The fourth-order valence-electron chi connectivity index (χ4n) is 2.23. The molecule has 0 unspecified atom stereocenters. The van der Waals surface area contributed by atoms with Crippen LogP contribution in [0.2, 0.25) is 10.0 Å². The number of sulfonamides is 1. The Balaban J connectivity index is 1.96. The quantitative estimate of drug-likeness (QED) is 0.487. The topological polar surface area (TPSA) is 55.4 Å². The Morgan fingerprint density at radius 1 is 0.857 bits per heavy atom. The van der Waals surface area contributed by atoms with Gasteiger partial charge in [-0.25, -0.2) is 21.6 Å². The number of nitrogens with one attached hydrogen (secondary N) is 1. The van der Waals surface area contributed by atoms with Gasteiger partial charge in [-0.15, -0.1) is 0 Å². The van der Waals surface area contributed by atoms with Gasteiger partial charge in [0.15, 0.2) is 23.2 Å². The van der Waals surface area contributed by atoms with Gasteiger partial charge in [0.05, 0.1) is 10.7 Å². The van der Waals surface area contributed by atoms with E-state index in [2.05, 4.69) is 4.72 Å². The Kier molecular flexibility index (Phi) is 5.74.